The van der Waals surface area contributed by atoms with Gasteiger partial charge in [0.2, 0.25) is 5.88 Å². The van der Waals surface area contributed by atoms with Crippen LogP contribution in [0, 0.1) is 6.92 Å². The van der Waals surface area contributed by atoms with Crippen LogP contribution in [0.4, 0.5) is 5.88 Å². The number of pyridine rings is 1. The molecule has 0 radical (unpaired) electrons. The fraction of sp³-hybridized carbons (Fsp3) is 0.312. The molecule has 4 rings (SSSR count). The van der Waals surface area contributed by atoms with Gasteiger partial charge < -0.3 is 9.84 Å². The van der Waals surface area contributed by atoms with Crippen molar-refractivity contribution < 1.29 is 9.32 Å². The average molecular weight is 281 g/mol. The minimum Gasteiger partial charge on any atom is -0.338 e. The molecule has 5 heteroatoms. The normalized spacial score (nSPS) is 20.8. The maximum Gasteiger partial charge on any atom is 0.233 e. The molecule has 1 N–H and O–H groups in total. The number of ketones is 1. The highest BCUT2D eigenvalue weighted by Crippen LogP contribution is 2.46. The predicted octanol–water partition coefficient (Wildman–Crippen LogP) is 2.94. The van der Waals surface area contributed by atoms with Crippen molar-refractivity contribution in [3.63, 3.8) is 0 Å². The summed E-state index contributed by atoms with van der Waals surface area (Å²) in [6.07, 6.45) is 5.92. The van der Waals surface area contributed by atoms with Crippen LogP contribution in [0.25, 0.3) is 0 Å². The first-order chi connectivity index (χ1) is 10.3. The highest BCUT2D eigenvalue weighted by Gasteiger charge is 2.38. The second kappa shape index (κ2) is 4.55. The summed E-state index contributed by atoms with van der Waals surface area (Å²) in [5.74, 6) is 0.752. The van der Waals surface area contributed by atoms with E-state index in [1.165, 1.54) is 0 Å². The minimum atomic E-state index is -0.121. The molecule has 1 atom stereocenters. The number of carbonyl (C=O) groups excluding carboxylic acids is 1. The van der Waals surface area contributed by atoms with E-state index in [-0.39, 0.29) is 11.7 Å². The van der Waals surface area contributed by atoms with Gasteiger partial charge in [-0.05, 0) is 31.4 Å². The summed E-state index contributed by atoms with van der Waals surface area (Å²) in [5.41, 5.74) is 4.61. The van der Waals surface area contributed by atoms with E-state index in [1.54, 1.807) is 6.20 Å². The molecule has 2 aliphatic rings. The van der Waals surface area contributed by atoms with Gasteiger partial charge >= 0.3 is 0 Å². The van der Waals surface area contributed by atoms with E-state index in [0.29, 0.717) is 12.3 Å². The number of nitrogens with zero attached hydrogens (tertiary/aromatic N) is 2. The molecule has 3 heterocycles. The van der Waals surface area contributed by atoms with Gasteiger partial charge in [-0.2, -0.15) is 0 Å². The molecule has 0 aromatic carbocycles. The van der Waals surface area contributed by atoms with Crippen molar-refractivity contribution in [1.29, 1.82) is 0 Å². The standard InChI is InChI=1S/C16H15N3O2/c1-9-13-14(10-4-3-7-17-8-10)15-11(5-2-6-12(15)20)18-16(13)21-19-9/h3-4,7-8,14,18H,2,5-6H2,1H3/t14-/m1/s1. The lowest BCUT2D eigenvalue weighted by Gasteiger charge is -2.31. The molecular formula is C16H15N3O2. The number of nitrogens with one attached hydrogen (secondary N) is 1. The van der Waals surface area contributed by atoms with Gasteiger partial charge in [0.25, 0.3) is 0 Å². The predicted molar refractivity (Wildman–Crippen MR) is 76.8 cm³/mol. The van der Waals surface area contributed by atoms with Gasteiger partial charge in [0.15, 0.2) is 5.78 Å². The Morgan fingerprint density at radius 1 is 1.38 bits per heavy atom. The monoisotopic (exact) mass is 281 g/mol. The van der Waals surface area contributed by atoms with Crippen LogP contribution >= 0.6 is 0 Å². The largest absolute Gasteiger partial charge is 0.338 e. The van der Waals surface area contributed by atoms with Crippen molar-refractivity contribution in [3.05, 3.63) is 52.6 Å². The molecule has 106 valence electrons. The number of hydrogen-bond acceptors (Lipinski definition) is 5. The number of allylic oxidation sites excluding steroid dienone is 2. The van der Waals surface area contributed by atoms with Crippen molar-refractivity contribution in [1.82, 2.24) is 10.1 Å². The maximum absolute atomic E-state index is 12.5. The zero-order chi connectivity index (χ0) is 14.4. The second-order valence-electron chi connectivity index (χ2n) is 5.52. The molecule has 0 amide bonds. The molecule has 0 saturated heterocycles. The quantitative estimate of drug-likeness (QED) is 0.870. The molecule has 5 nitrogen and oxygen atoms in total. The SMILES string of the molecule is Cc1noc2c1[C@@H](c1cccnc1)C1=C(CCCC1=O)N2. The molecule has 0 unspecified atom stereocenters. The van der Waals surface area contributed by atoms with Crippen LogP contribution in [0.5, 0.6) is 0 Å². The van der Waals surface area contributed by atoms with Crippen molar-refractivity contribution >= 4 is 11.7 Å². The molecule has 2 aromatic rings. The van der Waals surface area contributed by atoms with Crippen LogP contribution in [0.1, 0.15) is 42.0 Å². The summed E-state index contributed by atoms with van der Waals surface area (Å²) in [6.45, 7) is 1.91. The molecule has 2 aromatic heterocycles. The lowest BCUT2D eigenvalue weighted by atomic mass is 9.76. The second-order valence-corrected chi connectivity index (χ2v) is 5.52. The molecular weight excluding hydrogens is 266 g/mol. The third-order valence-corrected chi connectivity index (χ3v) is 4.22. The number of hydrogen-bond donors (Lipinski definition) is 1. The Bertz CT molecular complexity index is 746. The smallest absolute Gasteiger partial charge is 0.233 e. The van der Waals surface area contributed by atoms with Crippen LogP contribution in [0.2, 0.25) is 0 Å². The van der Waals surface area contributed by atoms with Crippen LogP contribution in [0.15, 0.2) is 40.3 Å². The van der Waals surface area contributed by atoms with E-state index in [0.717, 1.165) is 40.9 Å². The third-order valence-electron chi connectivity index (χ3n) is 4.22. The summed E-state index contributed by atoms with van der Waals surface area (Å²) in [6, 6.07) is 3.90. The van der Waals surface area contributed by atoms with Gasteiger partial charge in [-0.1, -0.05) is 11.2 Å². The van der Waals surface area contributed by atoms with Gasteiger partial charge in [0.05, 0.1) is 11.3 Å². The van der Waals surface area contributed by atoms with Gasteiger partial charge in [-0.25, -0.2) is 0 Å². The highest BCUT2D eigenvalue weighted by atomic mass is 16.5. The van der Waals surface area contributed by atoms with Gasteiger partial charge in [0.1, 0.15) is 0 Å². The molecule has 0 saturated carbocycles. The van der Waals surface area contributed by atoms with Gasteiger partial charge in [0, 0.05) is 36.0 Å². The summed E-state index contributed by atoms with van der Waals surface area (Å²) >= 11 is 0. The summed E-state index contributed by atoms with van der Waals surface area (Å²) < 4.78 is 5.40. The first kappa shape index (κ1) is 12.3. The highest BCUT2D eigenvalue weighted by molar-refractivity contribution is 6.00. The van der Waals surface area contributed by atoms with Crippen molar-refractivity contribution in [2.45, 2.75) is 32.1 Å². The number of rotatable bonds is 1. The molecule has 21 heavy (non-hydrogen) atoms. The number of Topliss-reactive ketones (excluding diaryl/α,β-unsaturated/α-hetero) is 1. The minimum absolute atomic E-state index is 0.121. The first-order valence-electron chi connectivity index (χ1n) is 7.15. The molecule has 0 spiro atoms. The van der Waals surface area contributed by atoms with E-state index < -0.39 is 0 Å². The van der Waals surface area contributed by atoms with Crippen LogP contribution in [-0.2, 0) is 4.79 Å². The Morgan fingerprint density at radius 3 is 3.10 bits per heavy atom. The Balaban J connectivity index is 1.96. The van der Waals surface area contributed by atoms with Crippen LogP contribution in [0.3, 0.4) is 0 Å². The lowest BCUT2D eigenvalue weighted by molar-refractivity contribution is -0.116. The third kappa shape index (κ3) is 1.81. The Morgan fingerprint density at radius 2 is 2.29 bits per heavy atom. The molecule has 1 aliphatic heterocycles. The topological polar surface area (TPSA) is 68.0 Å². The van der Waals surface area contributed by atoms with Crippen LogP contribution < -0.4 is 5.32 Å². The Kier molecular flexibility index (Phi) is 2.67. The van der Waals surface area contributed by atoms with E-state index in [4.69, 9.17) is 4.52 Å². The Hall–Kier alpha value is -2.43. The maximum atomic E-state index is 12.5. The van der Waals surface area contributed by atoms with Gasteiger partial charge in [-0.3, -0.25) is 9.78 Å². The zero-order valence-corrected chi connectivity index (χ0v) is 11.7. The fourth-order valence-corrected chi connectivity index (χ4v) is 3.30. The first-order valence-corrected chi connectivity index (χ1v) is 7.15. The van der Waals surface area contributed by atoms with E-state index in [9.17, 15) is 4.79 Å². The van der Waals surface area contributed by atoms with Crippen molar-refractivity contribution in [2.24, 2.45) is 0 Å². The van der Waals surface area contributed by atoms with Gasteiger partial charge in [-0.15, -0.1) is 0 Å². The fourth-order valence-electron chi connectivity index (χ4n) is 3.30. The van der Waals surface area contributed by atoms with Crippen molar-refractivity contribution in [2.75, 3.05) is 5.32 Å². The molecule has 0 fully saturated rings. The van der Waals surface area contributed by atoms with E-state index in [1.807, 2.05) is 25.3 Å². The number of carbonyl (C=O) groups is 1. The van der Waals surface area contributed by atoms with Crippen LogP contribution in [-0.4, -0.2) is 15.9 Å². The average Bonchev–Trinajstić information content (AvgIpc) is 2.88. The lowest BCUT2D eigenvalue weighted by Crippen LogP contribution is -2.26. The zero-order valence-electron chi connectivity index (χ0n) is 11.7. The number of anilines is 1. The number of aromatic nitrogens is 2. The number of fused-ring (bicyclic) bond motifs is 1. The molecule has 0 bridgehead atoms. The summed E-state index contributed by atoms with van der Waals surface area (Å²) in [7, 11) is 0. The number of aryl methyl sites for hydroxylation is 1. The van der Waals surface area contributed by atoms with E-state index >= 15 is 0 Å². The van der Waals surface area contributed by atoms with Crippen molar-refractivity contribution in [3.8, 4) is 0 Å². The summed E-state index contributed by atoms with van der Waals surface area (Å²) in [4.78, 5) is 16.7. The van der Waals surface area contributed by atoms with E-state index in [2.05, 4.69) is 15.5 Å². The summed E-state index contributed by atoms with van der Waals surface area (Å²) in [5, 5.41) is 7.32. The molecule has 1 aliphatic carbocycles. The Labute approximate surface area is 122 Å².